The smallest absolute Gasteiger partial charge is 0.407 e. The standard InChI is InChI=1S/C28H34N2O5/c1-3-28(2,26(32)33)17-29-25(31)22-14-8-9-15-24(22)30-27(34)35-16-23-20-12-6-4-10-18(20)19-11-5-7-13-21(19)23/h4-7,10-13,22-24H,3,8-9,14-17H2,1-2H3,(H,29,31)(H,30,34)(H,32,33). The minimum absolute atomic E-state index is 0.0265. The lowest BCUT2D eigenvalue weighted by molar-refractivity contribution is -0.148. The maximum absolute atomic E-state index is 12.9. The fourth-order valence-electron chi connectivity index (χ4n) is 5.17. The van der Waals surface area contributed by atoms with Crippen LogP contribution in [0.15, 0.2) is 48.5 Å². The number of carboxylic acid groups (broad SMARTS) is 1. The third-order valence-electron chi connectivity index (χ3n) is 7.70. The van der Waals surface area contributed by atoms with Crippen LogP contribution in [0.4, 0.5) is 4.79 Å². The largest absolute Gasteiger partial charge is 0.481 e. The van der Waals surface area contributed by atoms with Gasteiger partial charge in [0.2, 0.25) is 5.91 Å². The molecule has 186 valence electrons. The van der Waals surface area contributed by atoms with E-state index in [1.54, 1.807) is 13.8 Å². The fraction of sp³-hybridized carbons (Fsp3) is 0.464. The maximum atomic E-state index is 12.9. The Morgan fingerprint density at radius 2 is 1.60 bits per heavy atom. The van der Waals surface area contributed by atoms with Crippen molar-refractivity contribution in [3.63, 3.8) is 0 Å². The molecule has 0 heterocycles. The van der Waals surface area contributed by atoms with Crippen molar-refractivity contribution in [2.45, 2.75) is 57.9 Å². The Balaban J connectivity index is 1.37. The molecule has 2 aromatic carbocycles. The van der Waals surface area contributed by atoms with Gasteiger partial charge in [-0.2, -0.15) is 0 Å². The molecule has 7 nitrogen and oxygen atoms in total. The summed E-state index contributed by atoms with van der Waals surface area (Å²) in [5.74, 6) is -1.58. The second kappa shape index (κ2) is 10.5. The van der Waals surface area contributed by atoms with Crippen LogP contribution in [-0.4, -0.2) is 42.3 Å². The van der Waals surface area contributed by atoms with Crippen LogP contribution in [0.1, 0.15) is 63.0 Å². The lowest BCUT2D eigenvalue weighted by atomic mass is 9.83. The Hall–Kier alpha value is -3.35. The summed E-state index contributed by atoms with van der Waals surface area (Å²) in [6.45, 7) is 3.70. The number of carbonyl (C=O) groups is 3. The molecule has 2 aromatic rings. The third kappa shape index (κ3) is 5.19. The molecule has 0 saturated heterocycles. The Morgan fingerprint density at radius 3 is 2.20 bits per heavy atom. The molecular weight excluding hydrogens is 444 g/mol. The quantitative estimate of drug-likeness (QED) is 0.510. The SMILES string of the molecule is CCC(C)(CNC(=O)C1CCCCC1NC(=O)OCC1c2ccccc2-c2ccccc21)C(=O)O. The van der Waals surface area contributed by atoms with Crippen LogP contribution in [-0.2, 0) is 14.3 Å². The number of rotatable bonds is 8. The van der Waals surface area contributed by atoms with Gasteiger partial charge < -0.3 is 20.5 Å². The number of aliphatic carboxylic acids is 1. The van der Waals surface area contributed by atoms with Gasteiger partial charge in [0.15, 0.2) is 0 Å². The molecule has 0 spiro atoms. The van der Waals surface area contributed by atoms with E-state index in [1.807, 2.05) is 24.3 Å². The zero-order valence-corrected chi connectivity index (χ0v) is 20.4. The minimum atomic E-state index is -1.01. The van der Waals surface area contributed by atoms with Gasteiger partial charge in [-0.15, -0.1) is 0 Å². The first-order valence-corrected chi connectivity index (χ1v) is 12.5. The highest BCUT2D eigenvalue weighted by atomic mass is 16.5. The van der Waals surface area contributed by atoms with E-state index < -0.39 is 23.4 Å². The number of hydrogen-bond donors (Lipinski definition) is 3. The number of hydrogen-bond acceptors (Lipinski definition) is 4. The average molecular weight is 479 g/mol. The molecule has 0 aliphatic heterocycles. The summed E-state index contributed by atoms with van der Waals surface area (Å²) < 4.78 is 5.67. The molecular formula is C28H34N2O5. The predicted octanol–water partition coefficient (Wildman–Crippen LogP) is 4.70. The highest BCUT2D eigenvalue weighted by Crippen LogP contribution is 2.44. The topological polar surface area (TPSA) is 105 Å². The molecule has 4 rings (SSSR count). The van der Waals surface area contributed by atoms with E-state index in [4.69, 9.17) is 4.74 Å². The molecule has 0 bridgehead atoms. The van der Waals surface area contributed by atoms with Crippen LogP contribution in [0.25, 0.3) is 11.1 Å². The fourth-order valence-corrected chi connectivity index (χ4v) is 5.17. The predicted molar refractivity (Wildman–Crippen MR) is 133 cm³/mol. The van der Waals surface area contributed by atoms with E-state index in [0.29, 0.717) is 19.3 Å². The van der Waals surface area contributed by atoms with Gasteiger partial charge in [-0.3, -0.25) is 9.59 Å². The van der Waals surface area contributed by atoms with E-state index in [-0.39, 0.29) is 31.0 Å². The van der Waals surface area contributed by atoms with Crippen LogP contribution in [0.2, 0.25) is 0 Å². The Morgan fingerprint density at radius 1 is 1.00 bits per heavy atom. The lowest BCUT2D eigenvalue weighted by Crippen LogP contribution is -2.50. The highest BCUT2D eigenvalue weighted by molar-refractivity contribution is 5.82. The van der Waals surface area contributed by atoms with E-state index in [9.17, 15) is 19.5 Å². The average Bonchev–Trinajstić information content (AvgIpc) is 3.19. The number of alkyl carbamates (subject to hydrolysis) is 1. The van der Waals surface area contributed by atoms with Gasteiger partial charge in [-0.05, 0) is 48.4 Å². The first-order chi connectivity index (χ1) is 16.8. The molecule has 35 heavy (non-hydrogen) atoms. The van der Waals surface area contributed by atoms with Crippen molar-refractivity contribution in [3.05, 3.63) is 59.7 Å². The van der Waals surface area contributed by atoms with Gasteiger partial charge in [-0.1, -0.05) is 68.3 Å². The molecule has 2 aliphatic rings. The second-order valence-corrected chi connectivity index (χ2v) is 9.90. The van der Waals surface area contributed by atoms with Crippen LogP contribution >= 0.6 is 0 Å². The van der Waals surface area contributed by atoms with Crippen molar-refractivity contribution in [3.8, 4) is 11.1 Å². The number of benzene rings is 2. The summed E-state index contributed by atoms with van der Waals surface area (Å²) in [4.78, 5) is 37.3. The summed E-state index contributed by atoms with van der Waals surface area (Å²) in [5, 5.41) is 15.2. The van der Waals surface area contributed by atoms with E-state index in [0.717, 1.165) is 24.0 Å². The van der Waals surface area contributed by atoms with E-state index >= 15 is 0 Å². The van der Waals surface area contributed by atoms with E-state index in [1.165, 1.54) is 11.1 Å². The van der Waals surface area contributed by atoms with Gasteiger partial charge in [0, 0.05) is 18.5 Å². The molecule has 0 radical (unpaired) electrons. The number of ether oxygens (including phenoxy) is 1. The monoisotopic (exact) mass is 478 g/mol. The number of nitrogens with one attached hydrogen (secondary N) is 2. The third-order valence-corrected chi connectivity index (χ3v) is 7.70. The number of amides is 2. The summed E-state index contributed by atoms with van der Waals surface area (Å²) in [6.07, 6.45) is 3.03. The van der Waals surface area contributed by atoms with Crippen molar-refractivity contribution in [2.24, 2.45) is 11.3 Å². The Kier molecular flexibility index (Phi) is 7.43. The zero-order chi connectivity index (χ0) is 25.0. The van der Waals surface area contributed by atoms with Crippen molar-refractivity contribution >= 4 is 18.0 Å². The molecule has 3 N–H and O–H groups in total. The zero-order valence-electron chi connectivity index (χ0n) is 20.4. The highest BCUT2D eigenvalue weighted by Gasteiger charge is 2.36. The molecule has 2 amide bonds. The summed E-state index contributed by atoms with van der Waals surface area (Å²) >= 11 is 0. The van der Waals surface area contributed by atoms with Crippen molar-refractivity contribution < 1.29 is 24.2 Å². The molecule has 2 aliphatic carbocycles. The van der Waals surface area contributed by atoms with Gasteiger partial charge >= 0.3 is 12.1 Å². The Bertz CT molecular complexity index is 1050. The molecule has 3 unspecified atom stereocenters. The molecule has 0 aromatic heterocycles. The van der Waals surface area contributed by atoms with Gasteiger partial charge in [0.25, 0.3) is 0 Å². The first kappa shape index (κ1) is 24.8. The molecule has 3 atom stereocenters. The van der Waals surface area contributed by atoms with Crippen molar-refractivity contribution in [1.29, 1.82) is 0 Å². The van der Waals surface area contributed by atoms with E-state index in [2.05, 4.69) is 34.9 Å². The first-order valence-electron chi connectivity index (χ1n) is 12.5. The van der Waals surface area contributed by atoms with Crippen molar-refractivity contribution in [1.82, 2.24) is 10.6 Å². The Labute approximate surface area is 206 Å². The molecule has 1 fully saturated rings. The number of carboxylic acids is 1. The van der Waals surface area contributed by atoms with Crippen molar-refractivity contribution in [2.75, 3.05) is 13.2 Å². The van der Waals surface area contributed by atoms with Gasteiger partial charge in [-0.25, -0.2) is 4.79 Å². The summed E-state index contributed by atoms with van der Waals surface area (Å²) in [5.41, 5.74) is 3.62. The van der Waals surface area contributed by atoms with Gasteiger partial charge in [0.1, 0.15) is 6.61 Å². The lowest BCUT2D eigenvalue weighted by Gasteiger charge is -2.32. The normalized spacial score (nSPS) is 20.7. The number of fused-ring (bicyclic) bond motifs is 3. The summed E-state index contributed by atoms with van der Waals surface area (Å²) in [6, 6.07) is 16.0. The van der Waals surface area contributed by atoms with Crippen LogP contribution in [0.5, 0.6) is 0 Å². The second-order valence-electron chi connectivity index (χ2n) is 9.90. The maximum Gasteiger partial charge on any atom is 0.407 e. The van der Waals surface area contributed by atoms with Crippen LogP contribution < -0.4 is 10.6 Å². The number of carbonyl (C=O) groups excluding carboxylic acids is 2. The van der Waals surface area contributed by atoms with Crippen LogP contribution in [0.3, 0.4) is 0 Å². The molecule has 1 saturated carbocycles. The van der Waals surface area contributed by atoms with Gasteiger partial charge in [0.05, 0.1) is 11.3 Å². The minimum Gasteiger partial charge on any atom is -0.481 e. The summed E-state index contributed by atoms with van der Waals surface area (Å²) in [7, 11) is 0. The molecule has 7 heteroatoms. The van der Waals surface area contributed by atoms with Crippen LogP contribution in [0, 0.1) is 11.3 Å².